The van der Waals surface area contributed by atoms with Crippen LogP contribution in [0.5, 0.6) is 11.5 Å². The highest BCUT2D eigenvalue weighted by Crippen LogP contribution is 2.43. The molecule has 2 atom stereocenters. The van der Waals surface area contributed by atoms with Gasteiger partial charge in [0.05, 0.1) is 17.3 Å². The molecule has 9 heteroatoms. The van der Waals surface area contributed by atoms with Crippen LogP contribution in [0.4, 0.5) is 0 Å². The summed E-state index contributed by atoms with van der Waals surface area (Å²) < 4.78 is 17.1. The van der Waals surface area contributed by atoms with Gasteiger partial charge in [-0.05, 0) is 160 Å². The summed E-state index contributed by atoms with van der Waals surface area (Å²) in [5.41, 5.74) is 10.0. The number of carbonyl (C=O) groups excluding carboxylic acids is 1. The molecule has 388 valence electrons. The lowest BCUT2D eigenvalue weighted by atomic mass is 9.70. The number of ether oxygens (including phenoxy) is 3. The van der Waals surface area contributed by atoms with E-state index in [-0.39, 0.29) is 42.4 Å². The number of hydrogen-bond acceptors (Lipinski definition) is 8. The third kappa shape index (κ3) is 14.9. The van der Waals surface area contributed by atoms with E-state index < -0.39 is 23.3 Å². The first-order chi connectivity index (χ1) is 33.7. The number of cyclic esters (lactones) is 1. The van der Waals surface area contributed by atoms with Crippen LogP contribution in [0.1, 0.15) is 188 Å². The van der Waals surface area contributed by atoms with Crippen LogP contribution in [-0.2, 0) is 25.2 Å². The van der Waals surface area contributed by atoms with Gasteiger partial charge in [0.2, 0.25) is 0 Å². The number of rotatable bonds is 25. The lowest BCUT2D eigenvalue weighted by molar-refractivity contribution is -0.142. The third-order valence-corrected chi connectivity index (χ3v) is 15.6. The Bertz CT molecular complexity index is 2410. The summed E-state index contributed by atoms with van der Waals surface area (Å²) in [4.78, 5) is 22.1. The second kappa shape index (κ2) is 26.5. The molecular formula is C62H86O9. The van der Waals surface area contributed by atoms with Crippen molar-refractivity contribution >= 4 is 24.1 Å². The molecule has 0 spiro atoms. The molecule has 0 unspecified atom stereocenters. The van der Waals surface area contributed by atoms with Crippen molar-refractivity contribution in [3.8, 4) is 11.5 Å². The summed E-state index contributed by atoms with van der Waals surface area (Å²) in [6, 6.07) is 26.0. The van der Waals surface area contributed by atoms with Gasteiger partial charge in [0.1, 0.15) is 30.8 Å². The molecular weight excluding hydrogens is 889 g/mol. The SMILES string of the molecule is CCC(O)(/C=C/c1ccc(C(CC)(CC)c2ccc(OC[C@H](O)CCC(=O)O)c(C)c2)cc1C)CC.CCC(O)(/C=C/c1ccc(C(CC)(CC)c2ccc(OC[C@H]3CCC(=O)O3)c(C)c2)cc1C)CC. The van der Waals surface area contributed by atoms with Crippen molar-refractivity contribution in [2.24, 2.45) is 0 Å². The van der Waals surface area contributed by atoms with Crippen molar-refractivity contribution in [2.75, 3.05) is 13.2 Å². The predicted molar refractivity (Wildman–Crippen MR) is 290 cm³/mol. The number of esters is 1. The van der Waals surface area contributed by atoms with E-state index in [0.29, 0.717) is 44.5 Å². The van der Waals surface area contributed by atoms with Gasteiger partial charge in [0.25, 0.3) is 0 Å². The van der Waals surface area contributed by atoms with Crippen molar-refractivity contribution in [1.82, 2.24) is 0 Å². The number of benzene rings is 4. The van der Waals surface area contributed by atoms with E-state index in [9.17, 15) is 24.9 Å². The maximum Gasteiger partial charge on any atom is 0.306 e. The quantitative estimate of drug-likeness (QED) is 0.0477. The van der Waals surface area contributed by atoms with E-state index in [2.05, 4.69) is 121 Å². The van der Waals surface area contributed by atoms with E-state index in [1.165, 1.54) is 33.4 Å². The molecule has 4 N–H and O–H groups in total. The first-order valence-electron chi connectivity index (χ1n) is 26.4. The van der Waals surface area contributed by atoms with Gasteiger partial charge in [-0.3, -0.25) is 9.59 Å². The Morgan fingerprint density at radius 1 is 0.620 bits per heavy atom. The Morgan fingerprint density at radius 2 is 1.01 bits per heavy atom. The molecule has 5 rings (SSSR count). The van der Waals surface area contributed by atoms with Crippen molar-refractivity contribution in [1.29, 1.82) is 0 Å². The van der Waals surface area contributed by atoms with Gasteiger partial charge in [-0.2, -0.15) is 0 Å². The van der Waals surface area contributed by atoms with Gasteiger partial charge >= 0.3 is 11.9 Å². The fourth-order valence-corrected chi connectivity index (χ4v) is 9.91. The molecule has 71 heavy (non-hydrogen) atoms. The zero-order valence-corrected chi connectivity index (χ0v) is 45.1. The molecule has 1 aliphatic heterocycles. The van der Waals surface area contributed by atoms with E-state index >= 15 is 0 Å². The zero-order chi connectivity index (χ0) is 52.6. The van der Waals surface area contributed by atoms with Crippen LogP contribution in [0.25, 0.3) is 12.2 Å². The standard InChI is InChI=1S/C31H44O5.C31H42O4/c1-7-30(35,8-2)18-17-24-11-12-25(19-22(24)5)31(9-3,10-4)26-13-15-28(23(6)20-26)36-21-27(32)14-16-29(33)34;1-7-30(33,8-2)18-17-24-11-12-25(19-22(24)5)31(9-3,10-4)26-13-15-28(23(6)20-26)34-21-27-14-16-29(32)35-27/h11-13,15,17-20,27,32,35H,7-10,14,16,21H2,1-6H3,(H,33,34);11-13,15,17-20,27,33H,7-10,14,16,21H2,1-6H3/b2*18-17+/t2*27-/m11/s1. The second-order valence-electron chi connectivity index (χ2n) is 19.8. The molecule has 0 aromatic heterocycles. The van der Waals surface area contributed by atoms with Crippen LogP contribution in [-0.4, -0.2) is 69.0 Å². The topological polar surface area (TPSA) is 143 Å². The summed E-state index contributed by atoms with van der Waals surface area (Å²) >= 11 is 0. The molecule has 0 bridgehead atoms. The number of hydrogen-bond donors (Lipinski definition) is 4. The average molecular weight is 975 g/mol. The van der Waals surface area contributed by atoms with Gasteiger partial charge in [0, 0.05) is 23.7 Å². The third-order valence-electron chi connectivity index (χ3n) is 15.6. The minimum absolute atomic E-state index is 0.0690. The van der Waals surface area contributed by atoms with Crippen molar-refractivity contribution < 1.29 is 44.2 Å². The lowest BCUT2D eigenvalue weighted by Gasteiger charge is -2.34. The molecule has 1 aliphatic rings. The van der Waals surface area contributed by atoms with E-state index in [1.807, 2.05) is 58.9 Å². The van der Waals surface area contributed by atoms with E-state index in [1.54, 1.807) is 0 Å². The molecule has 1 fully saturated rings. The van der Waals surface area contributed by atoms with Gasteiger partial charge in [-0.15, -0.1) is 0 Å². The van der Waals surface area contributed by atoms with Crippen molar-refractivity contribution in [3.63, 3.8) is 0 Å². The summed E-state index contributed by atoms with van der Waals surface area (Å²) in [5, 5.41) is 40.0. The van der Waals surface area contributed by atoms with E-state index in [4.69, 9.17) is 19.3 Å². The smallest absolute Gasteiger partial charge is 0.306 e. The molecule has 0 saturated carbocycles. The number of aryl methyl sites for hydroxylation is 4. The molecule has 9 nitrogen and oxygen atoms in total. The largest absolute Gasteiger partial charge is 0.491 e. The van der Waals surface area contributed by atoms with Crippen LogP contribution in [0.3, 0.4) is 0 Å². The number of aliphatic hydroxyl groups excluding tert-OH is 1. The summed E-state index contributed by atoms with van der Waals surface area (Å²) in [5.74, 6) is 0.483. The monoisotopic (exact) mass is 975 g/mol. The summed E-state index contributed by atoms with van der Waals surface area (Å²) in [6.07, 6.45) is 14.9. The van der Waals surface area contributed by atoms with Crippen LogP contribution in [0.2, 0.25) is 0 Å². The van der Waals surface area contributed by atoms with Crippen molar-refractivity contribution in [2.45, 2.75) is 194 Å². The second-order valence-corrected chi connectivity index (χ2v) is 19.8. The van der Waals surface area contributed by atoms with Gasteiger partial charge in [-0.25, -0.2) is 0 Å². The average Bonchev–Trinajstić information content (AvgIpc) is 3.80. The Labute approximate surface area is 426 Å². The Balaban J connectivity index is 0.000000309. The molecule has 0 amide bonds. The molecule has 4 aromatic rings. The normalized spacial score (nSPS) is 14.9. The predicted octanol–water partition coefficient (Wildman–Crippen LogP) is 13.6. The number of carbonyl (C=O) groups is 2. The fourth-order valence-electron chi connectivity index (χ4n) is 9.91. The molecule has 1 saturated heterocycles. The zero-order valence-electron chi connectivity index (χ0n) is 45.1. The number of carboxylic acid groups (broad SMARTS) is 1. The Hall–Kier alpha value is -5.22. The maximum absolute atomic E-state index is 11.3. The Kier molecular flexibility index (Phi) is 21.8. The lowest BCUT2D eigenvalue weighted by Crippen LogP contribution is -2.26. The highest BCUT2D eigenvalue weighted by molar-refractivity contribution is 5.71. The molecule has 0 radical (unpaired) electrons. The van der Waals surface area contributed by atoms with Crippen LogP contribution in [0.15, 0.2) is 84.9 Å². The summed E-state index contributed by atoms with van der Waals surface area (Å²) in [6.45, 7) is 25.8. The van der Waals surface area contributed by atoms with Crippen LogP contribution in [0, 0.1) is 27.7 Å². The number of carboxylic acids is 1. The van der Waals surface area contributed by atoms with Crippen LogP contribution < -0.4 is 9.47 Å². The fraction of sp³-hybridized carbons (Fsp3) is 0.516. The minimum Gasteiger partial charge on any atom is -0.491 e. The first kappa shape index (κ1) is 58.4. The highest BCUT2D eigenvalue weighted by atomic mass is 16.6. The molecule has 1 heterocycles. The van der Waals surface area contributed by atoms with Crippen molar-refractivity contribution in [3.05, 3.63) is 141 Å². The van der Waals surface area contributed by atoms with Gasteiger partial charge < -0.3 is 34.6 Å². The highest BCUT2D eigenvalue weighted by Gasteiger charge is 2.33. The minimum atomic E-state index is -0.923. The van der Waals surface area contributed by atoms with Gasteiger partial charge in [0.15, 0.2) is 0 Å². The molecule has 0 aliphatic carbocycles. The van der Waals surface area contributed by atoms with E-state index in [0.717, 1.165) is 60.1 Å². The summed E-state index contributed by atoms with van der Waals surface area (Å²) in [7, 11) is 0. The van der Waals surface area contributed by atoms with Gasteiger partial charge in [-0.1, -0.05) is 140 Å². The van der Waals surface area contributed by atoms with Crippen LogP contribution >= 0.6 is 0 Å². The molecule has 4 aromatic carbocycles. The first-order valence-corrected chi connectivity index (χ1v) is 26.4. The maximum atomic E-state index is 11.3. The number of aliphatic hydroxyl groups is 3. The Morgan fingerprint density at radius 3 is 1.35 bits per heavy atom. The number of aliphatic carboxylic acids is 1.